The summed E-state index contributed by atoms with van der Waals surface area (Å²) in [4.78, 5) is 40.7. The van der Waals surface area contributed by atoms with Crippen LogP contribution in [0.1, 0.15) is 52.4 Å². The lowest BCUT2D eigenvalue weighted by Gasteiger charge is -2.33. The van der Waals surface area contributed by atoms with Gasteiger partial charge in [-0.25, -0.2) is 0 Å². The van der Waals surface area contributed by atoms with Gasteiger partial charge in [0.1, 0.15) is 11.6 Å². The first-order valence-corrected chi connectivity index (χ1v) is 10.5. The van der Waals surface area contributed by atoms with Gasteiger partial charge in [-0.1, -0.05) is 19.8 Å². The quantitative estimate of drug-likeness (QED) is 0.483. The van der Waals surface area contributed by atoms with Gasteiger partial charge < -0.3 is 25.4 Å². The molecule has 158 valence electrons. The van der Waals surface area contributed by atoms with Crippen LogP contribution in [0.5, 0.6) is 0 Å². The number of carbonyl (C=O) groups excluding carboxylic acids is 3. The maximum absolute atomic E-state index is 13.3. The Morgan fingerprint density at radius 3 is 2.64 bits per heavy atom. The standard InChI is InChI=1S/C20H33N3O5/c1-4-5-6-10-22-17(26)15-20-9-8-19(2,28-20)13(16(25)21-3)14(20)18(27)23(15)11-7-12-24/h13-15,24H,4-12H2,1-3H3,(H,21,25)(H,22,26)/t13-,14+,15?,19+,20?/m1/s1. The maximum Gasteiger partial charge on any atom is 0.245 e. The number of likely N-dealkylation sites (tertiary alicyclic amines) is 1. The van der Waals surface area contributed by atoms with Crippen molar-refractivity contribution in [2.45, 2.75) is 69.6 Å². The number of unbranched alkanes of at least 4 members (excludes halogenated alkanes) is 2. The van der Waals surface area contributed by atoms with Gasteiger partial charge in [0.2, 0.25) is 17.7 Å². The Morgan fingerprint density at radius 1 is 1.25 bits per heavy atom. The Bertz CT molecular complexity index is 641. The molecule has 3 saturated heterocycles. The number of amides is 3. The summed E-state index contributed by atoms with van der Waals surface area (Å²) in [5.74, 6) is -1.90. The van der Waals surface area contributed by atoms with Gasteiger partial charge in [0.05, 0.1) is 17.4 Å². The topological polar surface area (TPSA) is 108 Å². The van der Waals surface area contributed by atoms with Gasteiger partial charge in [0, 0.05) is 26.7 Å². The fourth-order valence-electron chi connectivity index (χ4n) is 5.45. The molecule has 2 unspecified atom stereocenters. The highest BCUT2D eigenvalue weighted by molar-refractivity contribution is 5.99. The lowest BCUT2D eigenvalue weighted by Crippen LogP contribution is -2.55. The highest BCUT2D eigenvalue weighted by atomic mass is 16.5. The molecule has 2 bridgehead atoms. The first-order chi connectivity index (χ1) is 13.4. The molecule has 8 nitrogen and oxygen atoms in total. The first kappa shape index (κ1) is 21.0. The van der Waals surface area contributed by atoms with E-state index in [1.54, 1.807) is 7.05 Å². The molecule has 0 aromatic carbocycles. The number of hydrogen-bond acceptors (Lipinski definition) is 5. The third-order valence-electron chi connectivity index (χ3n) is 6.69. The van der Waals surface area contributed by atoms with Crippen molar-refractivity contribution in [3.63, 3.8) is 0 Å². The number of nitrogens with zero attached hydrogens (tertiary/aromatic N) is 1. The van der Waals surface area contributed by atoms with Crippen LogP contribution in [0, 0.1) is 11.8 Å². The van der Waals surface area contributed by atoms with Crippen LogP contribution in [0.25, 0.3) is 0 Å². The molecule has 0 radical (unpaired) electrons. The zero-order valence-corrected chi connectivity index (χ0v) is 17.1. The van der Waals surface area contributed by atoms with Crippen LogP contribution in [-0.4, -0.2) is 71.7 Å². The smallest absolute Gasteiger partial charge is 0.245 e. The van der Waals surface area contributed by atoms with E-state index in [1.165, 1.54) is 4.90 Å². The number of hydrogen-bond donors (Lipinski definition) is 3. The van der Waals surface area contributed by atoms with Gasteiger partial charge in [-0.3, -0.25) is 14.4 Å². The Hall–Kier alpha value is -1.67. The van der Waals surface area contributed by atoms with Gasteiger partial charge in [0.25, 0.3) is 0 Å². The second kappa shape index (κ2) is 7.99. The van der Waals surface area contributed by atoms with Crippen molar-refractivity contribution in [1.82, 2.24) is 15.5 Å². The van der Waals surface area contributed by atoms with E-state index in [2.05, 4.69) is 17.6 Å². The molecule has 3 amide bonds. The Balaban J connectivity index is 1.91. The van der Waals surface area contributed by atoms with E-state index < -0.39 is 29.1 Å². The number of aliphatic hydroxyl groups is 1. The van der Waals surface area contributed by atoms with Crippen LogP contribution in [0.15, 0.2) is 0 Å². The number of fused-ring (bicyclic) bond motifs is 1. The summed E-state index contributed by atoms with van der Waals surface area (Å²) < 4.78 is 6.40. The summed E-state index contributed by atoms with van der Waals surface area (Å²) in [7, 11) is 1.56. The van der Waals surface area contributed by atoms with E-state index in [-0.39, 0.29) is 30.9 Å². The lowest BCUT2D eigenvalue weighted by molar-refractivity contribution is -0.146. The molecular weight excluding hydrogens is 362 g/mol. The third kappa shape index (κ3) is 3.10. The maximum atomic E-state index is 13.3. The minimum Gasteiger partial charge on any atom is -0.396 e. The fraction of sp³-hybridized carbons (Fsp3) is 0.850. The molecule has 0 aliphatic carbocycles. The molecule has 1 spiro atoms. The van der Waals surface area contributed by atoms with E-state index in [1.807, 2.05) is 6.92 Å². The average molecular weight is 396 g/mol. The monoisotopic (exact) mass is 395 g/mol. The van der Waals surface area contributed by atoms with Crippen LogP contribution < -0.4 is 10.6 Å². The van der Waals surface area contributed by atoms with Gasteiger partial charge >= 0.3 is 0 Å². The zero-order valence-electron chi connectivity index (χ0n) is 17.1. The zero-order chi connectivity index (χ0) is 20.5. The average Bonchev–Trinajstić information content (AvgIpc) is 3.24. The van der Waals surface area contributed by atoms with E-state index >= 15 is 0 Å². The van der Waals surface area contributed by atoms with E-state index in [0.717, 1.165) is 19.3 Å². The highest BCUT2D eigenvalue weighted by Crippen LogP contribution is 2.63. The van der Waals surface area contributed by atoms with E-state index in [4.69, 9.17) is 4.74 Å². The Morgan fingerprint density at radius 2 is 2.00 bits per heavy atom. The number of rotatable bonds is 9. The molecule has 0 aromatic heterocycles. The normalized spacial score (nSPS) is 35.9. The van der Waals surface area contributed by atoms with Crippen molar-refractivity contribution in [2.24, 2.45) is 11.8 Å². The highest BCUT2D eigenvalue weighted by Gasteiger charge is 2.77. The van der Waals surface area contributed by atoms with Crippen molar-refractivity contribution >= 4 is 17.7 Å². The molecule has 0 aromatic rings. The molecule has 3 N–H and O–H groups in total. The number of aliphatic hydroxyl groups excluding tert-OH is 1. The fourth-order valence-corrected chi connectivity index (χ4v) is 5.45. The first-order valence-electron chi connectivity index (χ1n) is 10.5. The Labute approximate surface area is 166 Å². The number of nitrogens with one attached hydrogen (secondary N) is 2. The summed E-state index contributed by atoms with van der Waals surface area (Å²) in [6.07, 6.45) is 4.57. The predicted molar refractivity (Wildman–Crippen MR) is 102 cm³/mol. The molecule has 5 atom stereocenters. The second-order valence-corrected chi connectivity index (χ2v) is 8.45. The summed E-state index contributed by atoms with van der Waals surface area (Å²) in [5, 5.41) is 14.9. The molecule has 3 fully saturated rings. The second-order valence-electron chi connectivity index (χ2n) is 8.45. The van der Waals surface area contributed by atoms with Crippen molar-refractivity contribution in [3.05, 3.63) is 0 Å². The molecule has 0 saturated carbocycles. The van der Waals surface area contributed by atoms with Crippen molar-refractivity contribution < 1.29 is 24.2 Å². The molecule has 3 aliphatic heterocycles. The largest absolute Gasteiger partial charge is 0.396 e. The molecule has 28 heavy (non-hydrogen) atoms. The number of ether oxygens (including phenoxy) is 1. The lowest BCUT2D eigenvalue weighted by atomic mass is 9.66. The van der Waals surface area contributed by atoms with Crippen molar-refractivity contribution in [3.8, 4) is 0 Å². The van der Waals surface area contributed by atoms with Gasteiger partial charge in [-0.05, 0) is 32.6 Å². The minimum absolute atomic E-state index is 0.0657. The SMILES string of the molecule is CCCCCNC(=O)C1N(CCCO)C(=O)[C@@H]2[C@H](C(=O)NC)[C@]3(C)CCC12O3. The summed E-state index contributed by atoms with van der Waals surface area (Å²) in [5.41, 5.74) is -1.70. The predicted octanol–water partition coefficient (Wildman–Crippen LogP) is 0.186. The van der Waals surface area contributed by atoms with Crippen LogP contribution >= 0.6 is 0 Å². The van der Waals surface area contributed by atoms with Gasteiger partial charge in [-0.15, -0.1) is 0 Å². The molecule has 3 rings (SSSR count). The van der Waals surface area contributed by atoms with Crippen LogP contribution in [0.3, 0.4) is 0 Å². The molecule has 3 heterocycles. The summed E-state index contributed by atoms with van der Waals surface area (Å²) in [6, 6.07) is -0.755. The van der Waals surface area contributed by atoms with Crippen LogP contribution in [0.2, 0.25) is 0 Å². The van der Waals surface area contributed by atoms with Crippen molar-refractivity contribution in [1.29, 1.82) is 0 Å². The van der Waals surface area contributed by atoms with Gasteiger partial charge in [0.15, 0.2) is 0 Å². The van der Waals surface area contributed by atoms with E-state index in [0.29, 0.717) is 25.8 Å². The minimum atomic E-state index is -0.965. The molecule has 8 heteroatoms. The van der Waals surface area contributed by atoms with Crippen molar-refractivity contribution in [2.75, 3.05) is 26.7 Å². The van der Waals surface area contributed by atoms with Crippen LogP contribution in [-0.2, 0) is 19.1 Å². The Kier molecular flexibility index (Phi) is 6.00. The van der Waals surface area contributed by atoms with Crippen LogP contribution in [0.4, 0.5) is 0 Å². The summed E-state index contributed by atoms with van der Waals surface area (Å²) >= 11 is 0. The molecule has 3 aliphatic rings. The molecular formula is C20H33N3O5. The summed E-state index contributed by atoms with van der Waals surface area (Å²) in [6.45, 7) is 4.75. The third-order valence-corrected chi connectivity index (χ3v) is 6.69. The van der Waals surface area contributed by atoms with Gasteiger partial charge in [-0.2, -0.15) is 0 Å². The number of carbonyl (C=O) groups is 3. The van der Waals surface area contributed by atoms with E-state index in [9.17, 15) is 19.5 Å².